The molecule has 0 atom stereocenters. The Balaban J connectivity index is 4.13. The highest BCUT2D eigenvalue weighted by Gasteiger charge is 1.82. The van der Waals surface area contributed by atoms with Gasteiger partial charge in [0.05, 0.1) is 11.0 Å². The number of halogens is 1. The molecule has 42 valence electrons. The highest BCUT2D eigenvalue weighted by Crippen LogP contribution is 1.93. The molecule has 0 rings (SSSR count). The van der Waals surface area contributed by atoms with Crippen molar-refractivity contribution in [3.8, 4) is 0 Å². The molecular weight excluding hydrogens is 142 g/mol. The van der Waals surface area contributed by atoms with Crippen LogP contribution >= 0.6 is 23.8 Å². The van der Waals surface area contributed by atoms with E-state index < -0.39 is 0 Å². The first-order valence-electron chi connectivity index (χ1n) is 1.88. The third-order valence-electron chi connectivity index (χ3n) is 0.511. The largest absolute Gasteiger partial charge is 0.189 e. The highest BCUT2D eigenvalue weighted by molar-refractivity contribution is 7.78. The predicted molar refractivity (Wildman–Crippen MR) is 38.4 cm³/mol. The monoisotopic (exact) mass is 145 g/mol. The maximum Gasteiger partial charge on any atom is 0.107 e. The van der Waals surface area contributed by atoms with Crippen LogP contribution in [0.5, 0.6) is 0 Å². The third-order valence-corrected chi connectivity index (χ3v) is 0.856. The van der Waals surface area contributed by atoms with Crippen LogP contribution in [0.15, 0.2) is 23.0 Å². The van der Waals surface area contributed by atoms with Gasteiger partial charge in [-0.25, -0.2) is 0 Å². The molecule has 0 saturated carbocycles. The Morgan fingerprint density at radius 1 is 1.88 bits per heavy atom. The Hall–Kier alpha value is -0.390. The number of allylic oxidation sites excluding steroid dienone is 1. The van der Waals surface area contributed by atoms with Crippen LogP contribution in [0, 0.1) is 0 Å². The van der Waals surface area contributed by atoms with Gasteiger partial charge in [-0.15, -0.1) is 17.3 Å². The second kappa shape index (κ2) is 4.76. The van der Waals surface area contributed by atoms with Crippen molar-refractivity contribution in [2.75, 3.05) is 5.88 Å². The zero-order valence-corrected chi connectivity index (χ0v) is 5.72. The van der Waals surface area contributed by atoms with Crippen LogP contribution in [0.3, 0.4) is 0 Å². The number of rotatable bonds is 2. The Bertz CT molecular complexity index is 163. The molecule has 0 radical (unpaired) electrons. The second-order valence-electron chi connectivity index (χ2n) is 0.960. The summed E-state index contributed by atoms with van der Waals surface area (Å²) in [4.78, 5) is 3.54. The fourth-order valence-corrected chi connectivity index (χ4v) is 0.436. The van der Waals surface area contributed by atoms with E-state index in [2.05, 4.69) is 34.7 Å². The number of aliphatic imine (C=N–C) groups is 1. The topological polar surface area (TPSA) is 12.4 Å². The molecule has 0 unspecified atom stereocenters. The van der Waals surface area contributed by atoms with E-state index in [9.17, 15) is 0 Å². The summed E-state index contributed by atoms with van der Waals surface area (Å²) in [6, 6.07) is 0. The molecule has 3 heteroatoms. The maximum absolute atomic E-state index is 5.33. The first-order valence-corrected chi connectivity index (χ1v) is 2.82. The molecule has 8 heavy (non-hydrogen) atoms. The van der Waals surface area contributed by atoms with Crippen molar-refractivity contribution in [1.82, 2.24) is 0 Å². The number of nitrogens with zero attached hydrogens (tertiary/aromatic N) is 1. The van der Waals surface area contributed by atoms with Crippen molar-refractivity contribution in [1.29, 1.82) is 0 Å². The Labute approximate surface area is 58.4 Å². The molecule has 0 heterocycles. The number of alkyl halides is 1. The van der Waals surface area contributed by atoms with Crippen molar-refractivity contribution in [3.63, 3.8) is 0 Å². The third kappa shape index (κ3) is 2.73. The average molecular weight is 146 g/mol. The summed E-state index contributed by atoms with van der Waals surface area (Å²) >= 11 is 9.62. The van der Waals surface area contributed by atoms with Gasteiger partial charge in [-0.05, 0) is 12.2 Å². The molecule has 0 aromatic carbocycles. The van der Waals surface area contributed by atoms with Gasteiger partial charge in [0.15, 0.2) is 0 Å². The molecule has 1 nitrogen and oxygen atoms in total. The molecule has 0 amide bonds. The molecule has 0 aromatic rings. The summed E-state index contributed by atoms with van der Waals surface area (Å²) in [5.74, 6) is 0.285. The van der Waals surface area contributed by atoms with Crippen molar-refractivity contribution in [3.05, 3.63) is 18.0 Å². The molecule has 0 aliphatic rings. The van der Waals surface area contributed by atoms with Crippen molar-refractivity contribution < 1.29 is 0 Å². The quantitative estimate of drug-likeness (QED) is 0.251. The fourth-order valence-electron chi connectivity index (χ4n) is 0.172. The van der Waals surface area contributed by atoms with E-state index in [1.165, 1.54) is 0 Å². The summed E-state index contributed by atoms with van der Waals surface area (Å²) in [7, 11) is 0. The molecule has 0 aliphatic heterocycles. The van der Waals surface area contributed by atoms with Gasteiger partial charge in [-0.1, -0.05) is 6.58 Å². The lowest BCUT2D eigenvalue weighted by atomic mass is 10.5. The maximum atomic E-state index is 5.33. The van der Waals surface area contributed by atoms with Gasteiger partial charge >= 0.3 is 0 Å². The van der Waals surface area contributed by atoms with Crippen LogP contribution in [0.1, 0.15) is 0 Å². The molecule has 0 N–H and O–H groups in total. The first-order chi connectivity index (χ1) is 3.85. The second-order valence-corrected chi connectivity index (χ2v) is 1.41. The fraction of sp³-hybridized carbons (Fsp3) is 0.200. The zero-order valence-electron chi connectivity index (χ0n) is 4.15. The van der Waals surface area contributed by atoms with Crippen molar-refractivity contribution in [2.45, 2.75) is 0 Å². The minimum Gasteiger partial charge on any atom is -0.189 e. The molecule has 0 spiro atoms. The van der Waals surface area contributed by atoms with Crippen molar-refractivity contribution in [2.24, 2.45) is 4.99 Å². The summed E-state index contributed by atoms with van der Waals surface area (Å²) in [6.45, 7) is 3.32. The van der Waals surface area contributed by atoms with Crippen LogP contribution in [0.25, 0.3) is 0 Å². The summed E-state index contributed by atoms with van der Waals surface area (Å²) < 4.78 is 0. The lowest BCUT2D eigenvalue weighted by molar-refractivity contribution is 1.35. The minimum atomic E-state index is 0.285. The average Bonchev–Trinajstić information content (AvgIpc) is 1.83. The lowest BCUT2D eigenvalue weighted by Crippen LogP contribution is -1.72. The van der Waals surface area contributed by atoms with Gasteiger partial charge < -0.3 is 0 Å². The van der Waals surface area contributed by atoms with Crippen LogP contribution in [-0.2, 0) is 0 Å². The van der Waals surface area contributed by atoms with Gasteiger partial charge in [0.2, 0.25) is 0 Å². The van der Waals surface area contributed by atoms with E-state index in [0.29, 0.717) is 5.70 Å². The predicted octanol–water partition coefficient (Wildman–Crippen LogP) is 2.00. The van der Waals surface area contributed by atoms with Crippen LogP contribution < -0.4 is 0 Å². The standard InChI is InChI=1S/C5H4ClNS/c1-2-5(3-6)7-4-8/h1,3H2. The summed E-state index contributed by atoms with van der Waals surface area (Å²) in [5.41, 5.74) is 3.02. The zero-order chi connectivity index (χ0) is 6.41. The highest BCUT2D eigenvalue weighted by atomic mass is 35.5. The van der Waals surface area contributed by atoms with E-state index in [4.69, 9.17) is 11.6 Å². The normalized spacial score (nSPS) is 6.62. The lowest BCUT2D eigenvalue weighted by Gasteiger charge is -1.80. The van der Waals surface area contributed by atoms with Crippen LogP contribution in [0.4, 0.5) is 0 Å². The van der Waals surface area contributed by atoms with Gasteiger partial charge in [0.25, 0.3) is 0 Å². The Morgan fingerprint density at radius 3 is 2.62 bits per heavy atom. The molecule has 0 bridgehead atoms. The number of hydrogen-bond acceptors (Lipinski definition) is 2. The molecule has 0 saturated heterocycles. The number of isothiocyanates is 1. The number of hydrogen-bond donors (Lipinski definition) is 0. The van der Waals surface area contributed by atoms with Crippen LogP contribution in [-0.4, -0.2) is 11.0 Å². The van der Waals surface area contributed by atoms with E-state index >= 15 is 0 Å². The van der Waals surface area contributed by atoms with E-state index in [1.54, 1.807) is 0 Å². The smallest absolute Gasteiger partial charge is 0.107 e. The van der Waals surface area contributed by atoms with E-state index in [-0.39, 0.29) is 5.88 Å². The van der Waals surface area contributed by atoms with Gasteiger partial charge in [-0.3, -0.25) is 0 Å². The summed E-state index contributed by atoms with van der Waals surface area (Å²) in [5, 5.41) is 2.15. The molecule has 0 fully saturated rings. The molecular formula is C5H4ClNS. The Kier molecular flexibility index (Phi) is 4.53. The Morgan fingerprint density at radius 2 is 2.50 bits per heavy atom. The first kappa shape index (κ1) is 7.61. The molecule has 0 aliphatic carbocycles. The van der Waals surface area contributed by atoms with Gasteiger partial charge in [0, 0.05) is 0 Å². The minimum absolute atomic E-state index is 0.285. The summed E-state index contributed by atoms with van der Waals surface area (Å²) in [6.07, 6.45) is 0. The molecule has 0 aromatic heterocycles. The van der Waals surface area contributed by atoms with Crippen molar-refractivity contribution >= 4 is 29.0 Å². The van der Waals surface area contributed by atoms with E-state index in [0.717, 1.165) is 0 Å². The van der Waals surface area contributed by atoms with Gasteiger partial charge in [-0.2, -0.15) is 4.99 Å². The SMILES string of the molecule is C=C=C(CCl)N=C=S. The van der Waals surface area contributed by atoms with Gasteiger partial charge in [0.1, 0.15) is 5.70 Å². The van der Waals surface area contributed by atoms with E-state index in [1.807, 2.05) is 0 Å². The van der Waals surface area contributed by atoms with Crippen LogP contribution in [0.2, 0.25) is 0 Å². The number of thiocarbonyl (C=S) groups is 1.